The summed E-state index contributed by atoms with van der Waals surface area (Å²) in [5.41, 5.74) is -3.04. The molecule has 0 bridgehead atoms. The Hall–Kier alpha value is -8.55. The molecule has 0 saturated carbocycles. The molecule has 10 nitrogen and oxygen atoms in total. The summed E-state index contributed by atoms with van der Waals surface area (Å²) >= 11 is 0. The van der Waals surface area contributed by atoms with E-state index in [4.69, 9.17) is 32.9 Å². The number of rotatable bonds is 2. The number of allylic oxidation sites excluding steroid dienone is 7. The van der Waals surface area contributed by atoms with E-state index in [1.807, 2.05) is 18.2 Å². The summed E-state index contributed by atoms with van der Waals surface area (Å²) in [6, 6.07) is 18.5. The fraction of sp³-hybridized carbons (Fsp3) is 0. The van der Waals surface area contributed by atoms with E-state index in [0.29, 0.717) is 0 Å². The van der Waals surface area contributed by atoms with Gasteiger partial charge >= 0.3 is 0 Å². The van der Waals surface area contributed by atoms with E-state index in [-0.39, 0.29) is 89.4 Å². The van der Waals surface area contributed by atoms with Crippen molar-refractivity contribution in [3.8, 4) is 30.3 Å². The molecule has 3 aromatic carbocycles. The number of nitrogens with zero attached hydrogens (tertiary/aromatic N) is 10. The molecule has 0 atom stereocenters. The Kier molecular flexibility index (Phi) is 7.40. The van der Waals surface area contributed by atoms with Crippen LogP contribution in [0.25, 0.3) is 57.8 Å². The second-order valence-corrected chi connectivity index (χ2v) is 9.61. The highest BCUT2D eigenvalue weighted by Gasteiger charge is 2.40. The molecular weight excluding hydrogens is 591 g/mol. The molecule has 47 heavy (non-hydrogen) atoms. The minimum absolute atomic E-state index is 0.0153. The maximum Gasteiger partial charge on any atom is 0.270 e. The maximum absolute atomic E-state index is 17.1. The van der Waals surface area contributed by atoms with E-state index in [1.54, 1.807) is 12.1 Å². The van der Waals surface area contributed by atoms with E-state index in [1.165, 1.54) is 42.5 Å². The number of halogens is 1. The Balaban J connectivity index is 2.02. The van der Waals surface area contributed by atoms with Gasteiger partial charge in [-0.1, -0.05) is 23.8 Å². The molecule has 0 aliphatic heterocycles. The molecule has 3 aromatic rings. The fourth-order valence-corrected chi connectivity index (χ4v) is 5.61. The van der Waals surface area contributed by atoms with Gasteiger partial charge in [-0.05, 0) is 57.7 Å². The predicted octanol–water partition coefficient (Wildman–Crippen LogP) is 8.23. The molecule has 0 spiro atoms. The summed E-state index contributed by atoms with van der Waals surface area (Å²) in [6.45, 7) is 38.4. The van der Waals surface area contributed by atoms with Gasteiger partial charge in [0, 0.05) is 16.7 Å². The molecule has 0 radical (unpaired) electrons. The van der Waals surface area contributed by atoms with Crippen molar-refractivity contribution in [2.45, 2.75) is 0 Å². The molecular formula is C36H7FN10. The minimum atomic E-state index is -1.12. The summed E-state index contributed by atoms with van der Waals surface area (Å²) in [7, 11) is 0. The van der Waals surface area contributed by atoms with Crippen molar-refractivity contribution >= 4 is 44.9 Å². The third kappa shape index (κ3) is 4.40. The molecule has 11 heteroatoms. The van der Waals surface area contributed by atoms with Crippen LogP contribution in [0, 0.1) is 95.3 Å². The Bertz CT molecular complexity index is 2350. The van der Waals surface area contributed by atoms with Gasteiger partial charge in [0.15, 0.2) is 11.4 Å². The van der Waals surface area contributed by atoms with E-state index in [2.05, 4.69) is 24.2 Å². The third-order valence-electron chi connectivity index (χ3n) is 7.34. The lowest BCUT2D eigenvalue weighted by atomic mass is 9.90. The number of benzene rings is 3. The van der Waals surface area contributed by atoms with Crippen LogP contribution < -0.4 is 0 Å². The van der Waals surface area contributed by atoms with Gasteiger partial charge in [-0.25, -0.2) is 39.1 Å². The summed E-state index contributed by atoms with van der Waals surface area (Å²) in [5.74, 6) is -1.12. The van der Waals surface area contributed by atoms with Gasteiger partial charge in [0.25, 0.3) is 11.4 Å². The average Bonchev–Trinajstić information content (AvgIpc) is 3.62. The van der Waals surface area contributed by atoms with Gasteiger partial charge in [0.05, 0.1) is 73.8 Å². The normalized spacial score (nSPS) is 14.2. The first-order valence-corrected chi connectivity index (χ1v) is 12.8. The Labute approximate surface area is 266 Å². The molecule has 0 saturated heterocycles. The van der Waals surface area contributed by atoms with E-state index < -0.39 is 17.2 Å². The van der Waals surface area contributed by atoms with Crippen molar-refractivity contribution < 1.29 is 4.39 Å². The Morgan fingerprint density at radius 2 is 1.09 bits per heavy atom. The average molecular weight is 599 g/mol. The largest absolute Gasteiger partial charge is 0.270 e. The highest BCUT2D eigenvalue weighted by molar-refractivity contribution is 6.29. The van der Waals surface area contributed by atoms with Gasteiger partial charge in [0.2, 0.25) is 5.70 Å². The predicted molar refractivity (Wildman–Crippen MR) is 165 cm³/mol. The molecule has 2 aliphatic rings. The van der Waals surface area contributed by atoms with Crippen molar-refractivity contribution in [2.24, 2.45) is 0 Å². The molecule has 2 aliphatic carbocycles. The lowest BCUT2D eigenvalue weighted by Crippen LogP contribution is -1.99. The smallest absolute Gasteiger partial charge is 0.239 e. The van der Waals surface area contributed by atoms with Crippen LogP contribution >= 0.6 is 0 Å². The SMILES string of the molecule is [C-]#[N+]C1=C(c2cc([N+]#[C-])cc([N+]#[C-])c2)/C(=C(/C#N)[N+]#[C-])c2cc3c(c(F)c21)C(C#N)=C(c1cc(C#N)cc(C#N)c1)/C3=C(\C#N)[N+]#[C-]. The summed E-state index contributed by atoms with van der Waals surface area (Å²) in [5, 5.41) is 49.5. The molecule has 0 aromatic heterocycles. The van der Waals surface area contributed by atoms with Gasteiger partial charge in [-0.2, -0.15) is 15.8 Å². The van der Waals surface area contributed by atoms with E-state index in [9.17, 15) is 26.3 Å². The van der Waals surface area contributed by atoms with Crippen molar-refractivity contribution in [2.75, 3.05) is 0 Å². The van der Waals surface area contributed by atoms with E-state index >= 15 is 4.39 Å². The van der Waals surface area contributed by atoms with Crippen LogP contribution in [0.4, 0.5) is 15.8 Å². The van der Waals surface area contributed by atoms with Crippen molar-refractivity contribution in [3.05, 3.63) is 161 Å². The molecule has 0 fully saturated rings. The van der Waals surface area contributed by atoms with Crippen LogP contribution in [-0.4, -0.2) is 0 Å². The zero-order chi connectivity index (χ0) is 34.0. The highest BCUT2D eigenvalue weighted by atomic mass is 19.1. The Morgan fingerprint density at radius 1 is 0.574 bits per heavy atom. The van der Waals surface area contributed by atoms with Crippen molar-refractivity contribution in [1.82, 2.24) is 0 Å². The fourth-order valence-electron chi connectivity index (χ4n) is 5.61. The standard InChI is InChI=1S/C36H7FN10/c1-43-22-9-21(10-23(11-22)44-2)30-33(28(17-42)46-4)25-12-24-31(35(37)34(25)36(30)47-5)26(15-40)29(32(24)27(16-41)45-3)20-7-18(13-38)6-19(8-20)14-39/h6-12H/b32-27+,33-28-. The van der Waals surface area contributed by atoms with Crippen LogP contribution in [0.15, 0.2) is 53.9 Å². The highest BCUT2D eigenvalue weighted by Crippen LogP contribution is 2.56. The quantitative estimate of drug-likeness (QED) is 0.216. The molecule has 0 unspecified atom stereocenters. The first-order valence-electron chi connectivity index (χ1n) is 12.8. The number of nitriles is 5. The maximum atomic E-state index is 17.1. The lowest BCUT2D eigenvalue weighted by molar-refractivity contribution is 0.621. The van der Waals surface area contributed by atoms with Crippen molar-refractivity contribution in [3.63, 3.8) is 0 Å². The number of hydrogen-bond donors (Lipinski definition) is 0. The molecule has 0 N–H and O–H groups in total. The van der Waals surface area contributed by atoms with E-state index in [0.717, 1.165) is 0 Å². The molecule has 0 heterocycles. The molecule has 0 amide bonds. The first kappa shape index (κ1) is 29.9. The van der Waals surface area contributed by atoms with Gasteiger partial charge in [-0.15, -0.1) is 0 Å². The lowest BCUT2D eigenvalue weighted by Gasteiger charge is -2.14. The second-order valence-electron chi connectivity index (χ2n) is 9.61. The molecule has 5 rings (SSSR count). The number of hydrogen-bond acceptors (Lipinski definition) is 5. The zero-order valence-electron chi connectivity index (χ0n) is 23.4. The summed E-state index contributed by atoms with van der Waals surface area (Å²) in [6.07, 6.45) is 0. The van der Waals surface area contributed by atoms with Gasteiger partial charge in [0.1, 0.15) is 11.9 Å². The molecule has 208 valence electrons. The first-order chi connectivity index (χ1) is 22.8. The van der Waals surface area contributed by atoms with Crippen LogP contribution in [-0.2, 0) is 0 Å². The minimum Gasteiger partial charge on any atom is -0.239 e. The van der Waals surface area contributed by atoms with Gasteiger partial charge in [-0.3, -0.25) is 0 Å². The van der Waals surface area contributed by atoms with Crippen LogP contribution in [0.5, 0.6) is 0 Å². The summed E-state index contributed by atoms with van der Waals surface area (Å²) < 4.78 is 17.1. The van der Waals surface area contributed by atoms with Crippen LogP contribution in [0.1, 0.15) is 44.5 Å². The van der Waals surface area contributed by atoms with Crippen LogP contribution in [0.2, 0.25) is 0 Å². The van der Waals surface area contributed by atoms with Gasteiger partial charge < -0.3 is 0 Å². The third-order valence-corrected chi connectivity index (χ3v) is 7.34. The van der Waals surface area contributed by atoms with Crippen molar-refractivity contribution in [1.29, 1.82) is 26.3 Å². The Morgan fingerprint density at radius 3 is 1.53 bits per heavy atom. The monoisotopic (exact) mass is 598 g/mol. The van der Waals surface area contributed by atoms with Crippen LogP contribution in [0.3, 0.4) is 0 Å². The topological polar surface area (TPSA) is 141 Å². The zero-order valence-corrected chi connectivity index (χ0v) is 23.4. The number of fused-ring (bicyclic) bond motifs is 2. The summed E-state index contributed by atoms with van der Waals surface area (Å²) in [4.78, 5) is 16.9. The second kappa shape index (κ2) is 11.6.